The van der Waals surface area contributed by atoms with Crippen molar-refractivity contribution in [1.82, 2.24) is 4.90 Å². The second kappa shape index (κ2) is 4.22. The van der Waals surface area contributed by atoms with E-state index in [0.29, 0.717) is 0 Å². The lowest BCUT2D eigenvalue weighted by Crippen LogP contribution is -2.43. The van der Waals surface area contributed by atoms with Crippen LogP contribution in [0.4, 0.5) is 4.39 Å². The van der Waals surface area contributed by atoms with Crippen LogP contribution in [0.1, 0.15) is 33.1 Å². The van der Waals surface area contributed by atoms with Crippen LogP contribution in [-0.4, -0.2) is 36.2 Å². The number of fused-ring (bicyclic) bond motifs is 1. The Balaban J connectivity index is 2.04. The molecule has 0 radical (unpaired) electrons. The van der Waals surface area contributed by atoms with Crippen molar-refractivity contribution in [3.05, 3.63) is 11.9 Å². The third kappa shape index (κ3) is 2.08. The zero-order chi connectivity index (χ0) is 10.9. The van der Waals surface area contributed by atoms with Crippen molar-refractivity contribution in [3.63, 3.8) is 0 Å². The van der Waals surface area contributed by atoms with Gasteiger partial charge < -0.3 is 4.74 Å². The number of nitrogens with zero attached hydrogens (tertiary/aromatic N) is 1. The second-order valence-corrected chi connectivity index (χ2v) is 5.05. The number of ether oxygens (including phenoxy) is 1. The first kappa shape index (κ1) is 11.1. The highest BCUT2D eigenvalue weighted by Gasteiger charge is 2.46. The van der Waals surface area contributed by atoms with E-state index in [-0.39, 0.29) is 11.6 Å². The molecule has 1 atom stereocenters. The van der Waals surface area contributed by atoms with Gasteiger partial charge >= 0.3 is 0 Å². The lowest BCUT2D eigenvalue weighted by Gasteiger charge is -2.32. The van der Waals surface area contributed by atoms with Crippen molar-refractivity contribution >= 4 is 0 Å². The number of rotatable bonds is 3. The molecule has 0 aromatic rings. The van der Waals surface area contributed by atoms with Crippen LogP contribution in [0.5, 0.6) is 0 Å². The van der Waals surface area contributed by atoms with E-state index in [4.69, 9.17) is 4.74 Å². The molecule has 0 N–H and O–H groups in total. The molecule has 0 aromatic heterocycles. The minimum atomic E-state index is 0.113. The predicted octanol–water partition coefficient (Wildman–Crippen LogP) is 2.50. The first-order valence-electron chi connectivity index (χ1n) is 5.81. The highest BCUT2D eigenvalue weighted by Crippen LogP contribution is 2.41. The summed E-state index contributed by atoms with van der Waals surface area (Å²) in [6.07, 6.45) is 4.28. The van der Waals surface area contributed by atoms with Crippen LogP contribution in [0.15, 0.2) is 11.9 Å². The van der Waals surface area contributed by atoms with E-state index in [1.807, 2.05) is 0 Å². The maximum absolute atomic E-state index is 12.5. The summed E-state index contributed by atoms with van der Waals surface area (Å²) in [5.41, 5.74) is 1.05. The third-order valence-corrected chi connectivity index (χ3v) is 3.53. The molecule has 2 nitrogen and oxygen atoms in total. The molecule has 2 saturated heterocycles. The van der Waals surface area contributed by atoms with Gasteiger partial charge in [-0.25, -0.2) is 4.39 Å². The SMILES string of the molecule is CC(C)OC[C@@]12CCCN1C/C(=C\F)C2. The molecule has 0 aromatic carbocycles. The van der Waals surface area contributed by atoms with Gasteiger partial charge in [0.05, 0.1) is 19.0 Å². The molecule has 0 aliphatic carbocycles. The zero-order valence-electron chi connectivity index (χ0n) is 9.63. The Hall–Kier alpha value is -0.410. The fourth-order valence-corrected chi connectivity index (χ4v) is 2.77. The fourth-order valence-electron chi connectivity index (χ4n) is 2.77. The zero-order valence-corrected chi connectivity index (χ0v) is 9.63. The van der Waals surface area contributed by atoms with Crippen LogP contribution in [0.25, 0.3) is 0 Å². The minimum Gasteiger partial charge on any atom is -0.377 e. The average molecular weight is 213 g/mol. The molecule has 0 spiro atoms. The van der Waals surface area contributed by atoms with E-state index in [1.165, 1.54) is 6.42 Å². The summed E-state index contributed by atoms with van der Waals surface area (Å²) in [7, 11) is 0. The maximum atomic E-state index is 12.5. The highest BCUT2D eigenvalue weighted by atomic mass is 19.1. The summed E-state index contributed by atoms with van der Waals surface area (Å²) >= 11 is 0. The van der Waals surface area contributed by atoms with Gasteiger partial charge in [0.2, 0.25) is 0 Å². The molecule has 2 rings (SSSR count). The van der Waals surface area contributed by atoms with Gasteiger partial charge in [-0.3, -0.25) is 4.90 Å². The van der Waals surface area contributed by atoms with Crippen LogP contribution in [0.3, 0.4) is 0 Å². The third-order valence-electron chi connectivity index (χ3n) is 3.53. The van der Waals surface area contributed by atoms with Crippen molar-refractivity contribution in [1.29, 1.82) is 0 Å². The Labute approximate surface area is 91.1 Å². The Morgan fingerprint density at radius 1 is 1.60 bits per heavy atom. The maximum Gasteiger partial charge on any atom is 0.0872 e. The Morgan fingerprint density at radius 3 is 3.07 bits per heavy atom. The molecule has 2 aliphatic heterocycles. The molecule has 2 fully saturated rings. The first-order valence-corrected chi connectivity index (χ1v) is 5.81. The molecule has 0 unspecified atom stereocenters. The molecule has 0 bridgehead atoms. The summed E-state index contributed by atoms with van der Waals surface area (Å²) in [4.78, 5) is 2.39. The Bertz CT molecular complexity index is 264. The van der Waals surface area contributed by atoms with E-state index in [2.05, 4.69) is 18.7 Å². The van der Waals surface area contributed by atoms with Crippen LogP contribution < -0.4 is 0 Å². The van der Waals surface area contributed by atoms with Crippen molar-refractivity contribution in [2.75, 3.05) is 19.7 Å². The van der Waals surface area contributed by atoms with E-state index < -0.39 is 0 Å². The quantitative estimate of drug-likeness (QED) is 0.714. The minimum absolute atomic E-state index is 0.113. The van der Waals surface area contributed by atoms with E-state index in [9.17, 15) is 4.39 Å². The lowest BCUT2D eigenvalue weighted by molar-refractivity contribution is 0.00328. The van der Waals surface area contributed by atoms with Gasteiger partial charge in [0.1, 0.15) is 0 Å². The largest absolute Gasteiger partial charge is 0.377 e. The van der Waals surface area contributed by atoms with Crippen molar-refractivity contribution in [2.24, 2.45) is 0 Å². The highest BCUT2D eigenvalue weighted by molar-refractivity contribution is 5.19. The smallest absolute Gasteiger partial charge is 0.0872 e. The van der Waals surface area contributed by atoms with Crippen LogP contribution in [0.2, 0.25) is 0 Å². The standard InChI is InChI=1S/C12H20FNO/c1-10(2)15-9-12-4-3-5-14(12)8-11(6-12)7-13/h7,10H,3-6,8-9H2,1-2H3/b11-7-/t12-/m0/s1. The number of hydrogen-bond donors (Lipinski definition) is 0. The van der Waals surface area contributed by atoms with Gasteiger partial charge in [-0.05, 0) is 45.2 Å². The average Bonchev–Trinajstić information content (AvgIpc) is 2.70. The molecular weight excluding hydrogens is 193 g/mol. The van der Waals surface area contributed by atoms with Gasteiger partial charge in [0.15, 0.2) is 0 Å². The molecular formula is C12H20FNO. The van der Waals surface area contributed by atoms with Gasteiger partial charge in [-0.1, -0.05) is 0 Å². The normalized spacial score (nSPS) is 34.3. The predicted molar refractivity (Wildman–Crippen MR) is 58.4 cm³/mol. The van der Waals surface area contributed by atoms with Crippen molar-refractivity contribution in [3.8, 4) is 0 Å². The molecule has 3 heteroatoms. The number of halogens is 1. The van der Waals surface area contributed by atoms with Gasteiger partial charge in [0, 0.05) is 12.1 Å². The van der Waals surface area contributed by atoms with Crippen LogP contribution in [0, 0.1) is 0 Å². The van der Waals surface area contributed by atoms with E-state index >= 15 is 0 Å². The Morgan fingerprint density at radius 2 is 2.40 bits per heavy atom. The van der Waals surface area contributed by atoms with Crippen molar-refractivity contribution in [2.45, 2.75) is 44.8 Å². The topological polar surface area (TPSA) is 12.5 Å². The summed E-state index contributed by atoms with van der Waals surface area (Å²) in [6.45, 7) is 6.76. The molecule has 0 amide bonds. The second-order valence-electron chi connectivity index (χ2n) is 5.05. The summed E-state index contributed by atoms with van der Waals surface area (Å²) < 4.78 is 18.3. The monoisotopic (exact) mass is 213 g/mol. The van der Waals surface area contributed by atoms with Gasteiger partial charge in [-0.15, -0.1) is 0 Å². The fraction of sp³-hybridized carbons (Fsp3) is 0.833. The van der Waals surface area contributed by atoms with Crippen molar-refractivity contribution < 1.29 is 9.13 Å². The summed E-state index contributed by atoms with van der Waals surface area (Å²) in [6, 6.07) is 0. The Kier molecular flexibility index (Phi) is 3.12. The first-order chi connectivity index (χ1) is 7.16. The molecule has 15 heavy (non-hydrogen) atoms. The molecule has 0 saturated carbocycles. The lowest BCUT2D eigenvalue weighted by atomic mass is 9.94. The van der Waals surface area contributed by atoms with Gasteiger partial charge in [0.25, 0.3) is 0 Å². The molecule has 2 aliphatic rings. The van der Waals surface area contributed by atoms with E-state index in [0.717, 1.165) is 44.4 Å². The number of hydrogen-bond acceptors (Lipinski definition) is 2. The molecule has 86 valence electrons. The molecule has 2 heterocycles. The summed E-state index contributed by atoms with van der Waals surface area (Å²) in [5, 5.41) is 0. The van der Waals surface area contributed by atoms with Crippen LogP contribution in [-0.2, 0) is 4.74 Å². The van der Waals surface area contributed by atoms with Crippen LogP contribution >= 0.6 is 0 Å². The van der Waals surface area contributed by atoms with Gasteiger partial charge in [-0.2, -0.15) is 0 Å². The van der Waals surface area contributed by atoms with E-state index in [1.54, 1.807) is 0 Å². The summed E-state index contributed by atoms with van der Waals surface area (Å²) in [5.74, 6) is 0.